The van der Waals surface area contributed by atoms with Crippen LogP contribution < -0.4 is 0 Å². The van der Waals surface area contributed by atoms with Crippen molar-refractivity contribution in [3.8, 4) is 0 Å². The number of aliphatic imine (C=N–C) groups is 1. The maximum absolute atomic E-state index is 4.47. The maximum Gasteiger partial charge on any atom is 0.112 e. The Morgan fingerprint density at radius 3 is 2.33 bits per heavy atom. The fourth-order valence-electron chi connectivity index (χ4n) is 0.633. The molecule has 0 saturated heterocycles. The van der Waals surface area contributed by atoms with E-state index >= 15 is 0 Å². The second-order valence-electron chi connectivity index (χ2n) is 2.07. The highest BCUT2D eigenvalue weighted by Crippen LogP contribution is 1.97. The Balaban J connectivity index is 3.82. The van der Waals surface area contributed by atoms with E-state index in [1.165, 1.54) is 0 Å². The molecule has 52 valence electrons. The molecular formula is C6H12N2S. The molecule has 0 spiro atoms. The van der Waals surface area contributed by atoms with Crippen molar-refractivity contribution in [1.82, 2.24) is 4.90 Å². The van der Waals surface area contributed by atoms with E-state index in [-0.39, 0.29) is 6.17 Å². The molecule has 0 aromatic heterocycles. The van der Waals surface area contributed by atoms with Crippen molar-refractivity contribution in [1.29, 1.82) is 0 Å². The Morgan fingerprint density at radius 1 is 1.67 bits per heavy atom. The molecule has 1 atom stereocenters. The average molecular weight is 144 g/mol. The van der Waals surface area contributed by atoms with Gasteiger partial charge in [0.2, 0.25) is 0 Å². The minimum absolute atomic E-state index is 0.211. The lowest BCUT2D eigenvalue weighted by molar-refractivity contribution is 0.297. The van der Waals surface area contributed by atoms with Crippen LogP contribution in [-0.4, -0.2) is 30.3 Å². The first-order valence-corrected chi connectivity index (χ1v) is 3.36. The predicted molar refractivity (Wildman–Crippen MR) is 42.8 cm³/mol. The monoisotopic (exact) mass is 144 g/mol. The molecule has 0 aliphatic rings. The van der Waals surface area contributed by atoms with E-state index in [0.29, 0.717) is 0 Å². The average Bonchev–Trinajstić information content (AvgIpc) is 1.82. The lowest BCUT2D eigenvalue weighted by Crippen LogP contribution is -2.24. The van der Waals surface area contributed by atoms with E-state index in [2.05, 4.69) is 29.3 Å². The summed E-state index contributed by atoms with van der Waals surface area (Å²) in [7, 11) is 3.95. The van der Waals surface area contributed by atoms with Crippen molar-refractivity contribution in [2.75, 3.05) is 14.1 Å². The molecule has 1 unspecified atom stereocenters. The van der Waals surface area contributed by atoms with E-state index in [1.54, 1.807) is 0 Å². The fraction of sp³-hybridized carbons (Fsp3) is 0.833. The quantitative estimate of drug-likeness (QED) is 0.439. The predicted octanol–water partition coefficient (Wildman–Crippen LogP) is 1.39. The van der Waals surface area contributed by atoms with Gasteiger partial charge in [0.05, 0.1) is 5.16 Å². The fourth-order valence-corrected chi connectivity index (χ4v) is 0.754. The van der Waals surface area contributed by atoms with Crippen molar-refractivity contribution in [2.24, 2.45) is 4.99 Å². The molecule has 0 amide bonds. The zero-order valence-corrected chi connectivity index (χ0v) is 6.90. The number of isothiocyanates is 1. The van der Waals surface area contributed by atoms with Crippen molar-refractivity contribution in [3.05, 3.63) is 0 Å². The summed E-state index contributed by atoms with van der Waals surface area (Å²) in [5.74, 6) is 0. The molecule has 3 heteroatoms. The summed E-state index contributed by atoms with van der Waals surface area (Å²) in [5, 5.41) is 2.37. The summed E-state index contributed by atoms with van der Waals surface area (Å²) < 4.78 is 0. The highest BCUT2D eigenvalue weighted by Gasteiger charge is 2.03. The van der Waals surface area contributed by atoms with E-state index in [9.17, 15) is 0 Å². The normalized spacial score (nSPS) is 12.9. The first kappa shape index (κ1) is 8.76. The minimum Gasteiger partial charge on any atom is -0.287 e. The van der Waals surface area contributed by atoms with Crippen LogP contribution in [0.4, 0.5) is 0 Å². The van der Waals surface area contributed by atoms with Gasteiger partial charge in [-0.2, -0.15) is 0 Å². The second-order valence-corrected chi connectivity index (χ2v) is 2.26. The molecule has 0 saturated carbocycles. The van der Waals surface area contributed by atoms with Gasteiger partial charge in [-0.3, -0.25) is 4.90 Å². The van der Waals surface area contributed by atoms with Crippen molar-refractivity contribution in [2.45, 2.75) is 19.5 Å². The van der Waals surface area contributed by atoms with Gasteiger partial charge in [0, 0.05) is 0 Å². The van der Waals surface area contributed by atoms with E-state index in [4.69, 9.17) is 0 Å². The molecular weight excluding hydrogens is 132 g/mol. The minimum atomic E-state index is 0.211. The van der Waals surface area contributed by atoms with E-state index in [1.807, 2.05) is 19.0 Å². The molecule has 0 bridgehead atoms. The van der Waals surface area contributed by atoms with Crippen LogP contribution >= 0.6 is 12.2 Å². The molecule has 0 radical (unpaired) electrons. The van der Waals surface area contributed by atoms with Crippen LogP contribution in [0.15, 0.2) is 4.99 Å². The first-order chi connectivity index (χ1) is 4.22. The highest BCUT2D eigenvalue weighted by molar-refractivity contribution is 7.78. The molecule has 0 N–H and O–H groups in total. The number of hydrogen-bond donors (Lipinski definition) is 0. The second kappa shape index (κ2) is 4.62. The number of rotatable bonds is 3. The van der Waals surface area contributed by atoms with Gasteiger partial charge < -0.3 is 0 Å². The first-order valence-electron chi connectivity index (χ1n) is 2.95. The van der Waals surface area contributed by atoms with Crippen LogP contribution in [0.1, 0.15) is 13.3 Å². The van der Waals surface area contributed by atoms with Gasteiger partial charge in [-0.1, -0.05) is 6.92 Å². The third-order valence-electron chi connectivity index (χ3n) is 1.16. The topological polar surface area (TPSA) is 15.6 Å². The summed E-state index contributed by atoms with van der Waals surface area (Å²) in [5.41, 5.74) is 0. The van der Waals surface area contributed by atoms with E-state index < -0.39 is 0 Å². The summed E-state index contributed by atoms with van der Waals surface area (Å²) in [4.78, 5) is 5.95. The van der Waals surface area contributed by atoms with Crippen LogP contribution in [0.5, 0.6) is 0 Å². The Morgan fingerprint density at radius 2 is 2.22 bits per heavy atom. The lowest BCUT2D eigenvalue weighted by atomic mass is 10.4. The molecule has 0 rings (SSSR count). The third kappa shape index (κ3) is 3.36. The van der Waals surface area contributed by atoms with Gasteiger partial charge in [0.15, 0.2) is 0 Å². The Labute approximate surface area is 61.6 Å². The van der Waals surface area contributed by atoms with Gasteiger partial charge in [-0.25, -0.2) is 4.99 Å². The van der Waals surface area contributed by atoms with Crippen LogP contribution in [0.25, 0.3) is 0 Å². The lowest BCUT2D eigenvalue weighted by Gasteiger charge is -2.15. The smallest absolute Gasteiger partial charge is 0.112 e. The van der Waals surface area contributed by atoms with Crippen LogP contribution in [-0.2, 0) is 0 Å². The van der Waals surface area contributed by atoms with Crippen LogP contribution in [0, 0.1) is 0 Å². The molecule has 0 fully saturated rings. The summed E-state index contributed by atoms with van der Waals surface area (Å²) in [6.07, 6.45) is 1.19. The van der Waals surface area contributed by atoms with E-state index in [0.717, 1.165) is 6.42 Å². The molecule has 0 aliphatic carbocycles. The molecule has 9 heavy (non-hydrogen) atoms. The molecule has 0 heterocycles. The largest absolute Gasteiger partial charge is 0.287 e. The summed E-state index contributed by atoms with van der Waals surface area (Å²) in [6.45, 7) is 2.07. The third-order valence-corrected chi connectivity index (χ3v) is 1.27. The maximum atomic E-state index is 4.47. The SMILES string of the molecule is CCC(N=C=S)N(C)C. The van der Waals surface area contributed by atoms with Crippen LogP contribution in [0.2, 0.25) is 0 Å². The number of nitrogens with zero attached hydrogens (tertiary/aromatic N) is 2. The zero-order valence-electron chi connectivity index (χ0n) is 6.09. The Hall–Kier alpha value is -0.240. The molecule has 0 aromatic rings. The Kier molecular flexibility index (Phi) is 4.50. The molecule has 0 aliphatic heterocycles. The van der Waals surface area contributed by atoms with Crippen molar-refractivity contribution < 1.29 is 0 Å². The molecule has 2 nitrogen and oxygen atoms in total. The number of hydrogen-bond acceptors (Lipinski definition) is 3. The van der Waals surface area contributed by atoms with Gasteiger partial charge >= 0.3 is 0 Å². The van der Waals surface area contributed by atoms with Crippen molar-refractivity contribution >= 4 is 17.4 Å². The highest BCUT2D eigenvalue weighted by atomic mass is 32.1. The van der Waals surface area contributed by atoms with Crippen molar-refractivity contribution in [3.63, 3.8) is 0 Å². The zero-order chi connectivity index (χ0) is 7.28. The molecule has 0 aromatic carbocycles. The summed E-state index contributed by atoms with van der Waals surface area (Å²) in [6, 6.07) is 0. The standard InChI is InChI=1S/C6H12N2S/c1-4-6(7-5-9)8(2)3/h6H,4H2,1-3H3. The van der Waals surface area contributed by atoms with Crippen LogP contribution in [0.3, 0.4) is 0 Å². The van der Waals surface area contributed by atoms with Gasteiger partial charge in [0.25, 0.3) is 0 Å². The van der Waals surface area contributed by atoms with Gasteiger partial charge in [0.1, 0.15) is 6.17 Å². The Bertz CT molecular complexity index is 116. The van der Waals surface area contributed by atoms with Gasteiger partial charge in [-0.15, -0.1) is 0 Å². The summed E-state index contributed by atoms with van der Waals surface area (Å²) >= 11 is 4.47. The number of thiocarbonyl (C=S) groups is 1. The van der Waals surface area contributed by atoms with Gasteiger partial charge in [-0.05, 0) is 32.7 Å².